The third-order valence-corrected chi connectivity index (χ3v) is 3.85. The molecule has 0 bridgehead atoms. The Morgan fingerprint density at radius 3 is 2.55 bits per heavy atom. The van der Waals surface area contributed by atoms with Crippen LogP contribution in [-0.2, 0) is 11.3 Å². The van der Waals surface area contributed by atoms with Crippen LogP contribution < -0.4 is 15.8 Å². The number of hydrogen-bond donors (Lipinski definition) is 3. The molecule has 0 saturated heterocycles. The molecule has 0 unspecified atom stereocenters. The number of carbonyl (C=O) groups is 1. The van der Waals surface area contributed by atoms with Crippen LogP contribution in [0, 0.1) is 5.41 Å². The lowest BCUT2D eigenvalue weighted by atomic mass is 10.1. The standard InChI is InChI=1S/C19H16F3N5O2.2H2/c20-19(21,22)29-14-7-5-12(6-8-14)10-27-11-13(9-25-27)26-18(28)17(24)15-3-1-2-4-16(15)23;;/h1-9,11,24H,10,23H2,(H,26,28);2*1H. The third kappa shape index (κ3) is 5.34. The van der Waals surface area contributed by atoms with E-state index in [9.17, 15) is 18.0 Å². The van der Waals surface area contributed by atoms with Gasteiger partial charge in [0.2, 0.25) is 0 Å². The second-order valence-electron chi connectivity index (χ2n) is 6.03. The van der Waals surface area contributed by atoms with E-state index >= 15 is 0 Å². The molecule has 0 fully saturated rings. The van der Waals surface area contributed by atoms with E-state index in [1.165, 1.54) is 35.1 Å². The van der Waals surface area contributed by atoms with E-state index in [1.807, 2.05) is 0 Å². The van der Waals surface area contributed by atoms with Crippen molar-refractivity contribution in [3.63, 3.8) is 0 Å². The quantitative estimate of drug-likeness (QED) is 0.425. The summed E-state index contributed by atoms with van der Waals surface area (Å²) in [6.45, 7) is 0.269. The Balaban J connectivity index is 0.00000240. The zero-order valence-electron chi connectivity index (χ0n) is 14.9. The predicted octanol–water partition coefficient (Wildman–Crippen LogP) is 3.91. The smallest absolute Gasteiger partial charge is 0.406 e. The Labute approximate surface area is 166 Å². The molecular formula is C19H20F3N5O2. The van der Waals surface area contributed by atoms with Crippen molar-refractivity contribution in [2.75, 3.05) is 11.1 Å². The van der Waals surface area contributed by atoms with E-state index in [-0.39, 0.29) is 20.9 Å². The minimum Gasteiger partial charge on any atom is -0.406 e. The lowest BCUT2D eigenvalue weighted by Gasteiger charge is -2.09. The van der Waals surface area contributed by atoms with Gasteiger partial charge >= 0.3 is 6.36 Å². The first-order chi connectivity index (χ1) is 13.7. The number of amides is 1. The number of nitrogen functional groups attached to an aromatic ring is 1. The number of nitrogens with one attached hydrogen (secondary N) is 2. The number of benzene rings is 2. The van der Waals surface area contributed by atoms with E-state index in [0.717, 1.165) is 0 Å². The molecular weight excluding hydrogens is 387 g/mol. The highest BCUT2D eigenvalue weighted by molar-refractivity contribution is 6.48. The third-order valence-electron chi connectivity index (χ3n) is 3.85. The molecule has 154 valence electrons. The second kappa shape index (κ2) is 8.05. The zero-order chi connectivity index (χ0) is 21.0. The van der Waals surface area contributed by atoms with Crippen molar-refractivity contribution < 1.29 is 25.6 Å². The van der Waals surface area contributed by atoms with Gasteiger partial charge in [0.1, 0.15) is 11.5 Å². The van der Waals surface area contributed by atoms with Gasteiger partial charge in [-0.1, -0.05) is 30.3 Å². The van der Waals surface area contributed by atoms with E-state index < -0.39 is 12.3 Å². The maximum atomic E-state index is 12.3. The van der Waals surface area contributed by atoms with Crippen LogP contribution in [-0.4, -0.2) is 27.8 Å². The van der Waals surface area contributed by atoms with Gasteiger partial charge in [-0.15, -0.1) is 13.2 Å². The number of hydrogen-bond acceptors (Lipinski definition) is 5. The van der Waals surface area contributed by atoms with Gasteiger partial charge in [-0.2, -0.15) is 5.10 Å². The van der Waals surface area contributed by atoms with Crippen LogP contribution in [0.4, 0.5) is 24.5 Å². The highest BCUT2D eigenvalue weighted by Crippen LogP contribution is 2.23. The molecule has 0 aliphatic heterocycles. The highest BCUT2D eigenvalue weighted by Gasteiger charge is 2.30. The first-order valence-electron chi connectivity index (χ1n) is 8.33. The fourth-order valence-electron chi connectivity index (χ4n) is 2.54. The first-order valence-corrected chi connectivity index (χ1v) is 8.33. The number of ether oxygens (including phenoxy) is 1. The lowest BCUT2D eigenvalue weighted by Crippen LogP contribution is -2.23. The number of nitrogens with zero attached hydrogens (tertiary/aromatic N) is 2. The number of nitrogens with two attached hydrogens (primary N) is 1. The van der Waals surface area contributed by atoms with Crippen LogP contribution in [0.15, 0.2) is 60.9 Å². The number of carbonyl (C=O) groups excluding carboxylic acids is 1. The molecule has 3 rings (SSSR count). The first kappa shape index (κ1) is 19.9. The molecule has 0 aliphatic rings. The van der Waals surface area contributed by atoms with Crippen LogP contribution in [0.5, 0.6) is 5.75 Å². The molecule has 10 heteroatoms. The van der Waals surface area contributed by atoms with Gasteiger partial charge in [0.25, 0.3) is 5.91 Å². The molecule has 29 heavy (non-hydrogen) atoms. The number of para-hydroxylation sites is 1. The number of aromatic nitrogens is 2. The minimum absolute atomic E-state index is 0. The molecule has 1 aromatic heterocycles. The molecule has 0 atom stereocenters. The number of halogens is 3. The highest BCUT2D eigenvalue weighted by atomic mass is 19.4. The largest absolute Gasteiger partial charge is 0.573 e. The van der Waals surface area contributed by atoms with Crippen molar-refractivity contribution in [3.05, 3.63) is 72.1 Å². The van der Waals surface area contributed by atoms with Crippen molar-refractivity contribution in [3.8, 4) is 5.75 Å². The van der Waals surface area contributed by atoms with Crippen molar-refractivity contribution in [2.24, 2.45) is 0 Å². The van der Waals surface area contributed by atoms with E-state index in [1.54, 1.807) is 30.5 Å². The van der Waals surface area contributed by atoms with Crippen LogP contribution in [0.25, 0.3) is 0 Å². The van der Waals surface area contributed by atoms with Gasteiger partial charge < -0.3 is 15.8 Å². The maximum absolute atomic E-state index is 12.3. The van der Waals surface area contributed by atoms with Crippen LogP contribution in [0.1, 0.15) is 14.0 Å². The molecule has 4 N–H and O–H groups in total. The van der Waals surface area contributed by atoms with Gasteiger partial charge in [-0.3, -0.25) is 14.9 Å². The summed E-state index contributed by atoms with van der Waals surface area (Å²) in [5.74, 6) is -0.954. The molecule has 1 amide bonds. The average molecular weight is 407 g/mol. The Bertz CT molecular complexity index is 1040. The van der Waals surface area contributed by atoms with Crippen LogP contribution in [0.2, 0.25) is 0 Å². The summed E-state index contributed by atoms with van der Waals surface area (Å²) < 4.78 is 41.9. The monoisotopic (exact) mass is 407 g/mol. The summed E-state index contributed by atoms with van der Waals surface area (Å²) in [7, 11) is 0. The van der Waals surface area contributed by atoms with Gasteiger partial charge in [-0.05, 0) is 23.8 Å². The molecule has 3 aromatic rings. The summed E-state index contributed by atoms with van der Waals surface area (Å²) in [5.41, 5.74) is 7.19. The predicted molar refractivity (Wildman–Crippen MR) is 105 cm³/mol. The molecule has 7 nitrogen and oxygen atoms in total. The molecule has 0 saturated carbocycles. The van der Waals surface area contributed by atoms with Gasteiger partial charge in [0, 0.05) is 20.3 Å². The summed E-state index contributed by atoms with van der Waals surface area (Å²) in [5, 5.41) is 14.6. The number of alkyl halides is 3. The lowest BCUT2D eigenvalue weighted by molar-refractivity contribution is -0.274. The van der Waals surface area contributed by atoms with Gasteiger partial charge in [0.15, 0.2) is 0 Å². The summed E-state index contributed by atoms with van der Waals surface area (Å²) in [6, 6.07) is 11.9. The van der Waals surface area contributed by atoms with Crippen LogP contribution in [0.3, 0.4) is 0 Å². The maximum Gasteiger partial charge on any atom is 0.573 e. The summed E-state index contributed by atoms with van der Waals surface area (Å²) in [6.07, 6.45) is -1.80. The van der Waals surface area contributed by atoms with E-state index in [2.05, 4.69) is 15.2 Å². The van der Waals surface area contributed by atoms with E-state index in [4.69, 9.17) is 11.1 Å². The molecule has 1 heterocycles. The fraction of sp³-hybridized carbons (Fsp3) is 0.105. The molecule has 0 radical (unpaired) electrons. The van der Waals surface area contributed by atoms with Crippen LogP contribution >= 0.6 is 0 Å². The summed E-state index contributed by atoms with van der Waals surface area (Å²) in [4.78, 5) is 12.3. The molecule has 2 aromatic carbocycles. The number of rotatable bonds is 6. The SMILES string of the molecule is N=C(C(=O)Nc1cnn(Cc2ccc(OC(F)(F)F)cc2)c1)c1ccccc1N.[HH].[HH]. The van der Waals surface area contributed by atoms with Crippen molar-refractivity contribution in [1.82, 2.24) is 9.78 Å². The van der Waals surface area contributed by atoms with Crippen molar-refractivity contribution in [2.45, 2.75) is 12.9 Å². The normalized spacial score (nSPS) is 11.1. The topological polar surface area (TPSA) is 106 Å². The fourth-order valence-corrected chi connectivity index (χ4v) is 2.54. The number of anilines is 2. The van der Waals surface area contributed by atoms with Crippen molar-refractivity contribution in [1.29, 1.82) is 5.41 Å². The Morgan fingerprint density at radius 1 is 1.21 bits per heavy atom. The van der Waals surface area contributed by atoms with Crippen molar-refractivity contribution >= 4 is 23.0 Å². The summed E-state index contributed by atoms with van der Waals surface area (Å²) >= 11 is 0. The average Bonchev–Trinajstić information content (AvgIpc) is 3.09. The molecule has 0 aliphatic carbocycles. The van der Waals surface area contributed by atoms with Gasteiger partial charge in [-0.25, -0.2) is 0 Å². The zero-order valence-corrected chi connectivity index (χ0v) is 14.9. The second-order valence-corrected chi connectivity index (χ2v) is 6.03. The minimum atomic E-state index is -4.74. The Kier molecular flexibility index (Phi) is 5.53. The van der Waals surface area contributed by atoms with Gasteiger partial charge in [0.05, 0.1) is 18.4 Å². The van der Waals surface area contributed by atoms with E-state index in [0.29, 0.717) is 22.5 Å². The molecule has 0 spiro atoms. The Hall–Kier alpha value is -3.82. The Morgan fingerprint density at radius 2 is 1.90 bits per heavy atom.